The van der Waals surface area contributed by atoms with Gasteiger partial charge in [-0.1, -0.05) is 99.4 Å². The number of hydrogen-bond acceptors (Lipinski definition) is 6. The summed E-state index contributed by atoms with van der Waals surface area (Å²) in [6.45, 7) is 14.3. The lowest BCUT2D eigenvalue weighted by Gasteiger charge is -2.55. The van der Waals surface area contributed by atoms with Crippen molar-refractivity contribution in [2.24, 2.45) is 0 Å². The number of rotatable bonds is 10. The fraction of sp³-hybridized carbons (Fsp3) is 1.00. The molecular formula is C16H32S6. The molecule has 22 heavy (non-hydrogen) atoms. The van der Waals surface area contributed by atoms with E-state index in [0.29, 0.717) is 14.2 Å². The zero-order valence-corrected chi connectivity index (χ0v) is 19.8. The zero-order valence-electron chi connectivity index (χ0n) is 14.9. The Balaban J connectivity index is 3.08. The predicted octanol–water partition coefficient (Wildman–Crippen LogP) is 8.04. The van der Waals surface area contributed by atoms with Crippen LogP contribution in [-0.4, -0.2) is 31.5 Å². The SMILES string of the molecule is CCSSCC1(SSCC)CC(CC)(CC)SSC1(C)CC. The summed E-state index contributed by atoms with van der Waals surface area (Å²) in [7, 11) is 12.8. The van der Waals surface area contributed by atoms with Crippen molar-refractivity contribution in [3.05, 3.63) is 0 Å². The van der Waals surface area contributed by atoms with Gasteiger partial charge in [-0.15, -0.1) is 0 Å². The molecule has 1 heterocycles. The summed E-state index contributed by atoms with van der Waals surface area (Å²) < 4.78 is 1.23. The van der Waals surface area contributed by atoms with Gasteiger partial charge in [0, 0.05) is 26.8 Å². The summed E-state index contributed by atoms with van der Waals surface area (Å²) in [5, 5.41) is 0. The molecule has 0 amide bonds. The molecule has 0 aromatic rings. The van der Waals surface area contributed by atoms with Gasteiger partial charge in [0.1, 0.15) is 0 Å². The van der Waals surface area contributed by atoms with Crippen LogP contribution < -0.4 is 0 Å². The van der Waals surface area contributed by atoms with Crippen molar-refractivity contribution in [2.45, 2.75) is 81.5 Å². The first-order valence-electron chi connectivity index (χ1n) is 8.39. The van der Waals surface area contributed by atoms with Crippen molar-refractivity contribution in [3.63, 3.8) is 0 Å². The van der Waals surface area contributed by atoms with Gasteiger partial charge >= 0.3 is 0 Å². The molecule has 0 spiro atoms. The monoisotopic (exact) mass is 416 g/mol. The van der Waals surface area contributed by atoms with E-state index in [1.165, 1.54) is 42.9 Å². The van der Waals surface area contributed by atoms with Crippen LogP contribution in [0.25, 0.3) is 0 Å². The van der Waals surface area contributed by atoms with Crippen molar-refractivity contribution < 1.29 is 0 Å². The molecule has 1 aliphatic rings. The molecule has 6 heteroatoms. The lowest BCUT2D eigenvalue weighted by atomic mass is 9.81. The largest absolute Gasteiger partial charge is 0.0944 e. The maximum Gasteiger partial charge on any atom is 0.0527 e. The Hall–Kier alpha value is 2.10. The van der Waals surface area contributed by atoms with Crippen molar-refractivity contribution >= 4 is 64.8 Å². The minimum Gasteiger partial charge on any atom is -0.0944 e. The summed E-state index contributed by atoms with van der Waals surface area (Å²) in [6, 6.07) is 0. The molecule has 1 rings (SSSR count). The molecule has 0 saturated carbocycles. The average molecular weight is 417 g/mol. The fourth-order valence-corrected chi connectivity index (χ4v) is 13.6. The molecule has 0 aromatic carbocycles. The van der Waals surface area contributed by atoms with E-state index in [9.17, 15) is 0 Å². The van der Waals surface area contributed by atoms with Gasteiger partial charge in [-0.05, 0) is 32.6 Å². The van der Waals surface area contributed by atoms with E-state index in [1.807, 2.05) is 10.8 Å². The second kappa shape index (κ2) is 10.3. The molecule has 0 nitrogen and oxygen atoms in total. The van der Waals surface area contributed by atoms with E-state index in [1.54, 1.807) is 0 Å². The lowest BCUT2D eigenvalue weighted by molar-refractivity contribution is 0.372. The van der Waals surface area contributed by atoms with E-state index in [2.05, 4.69) is 95.5 Å². The molecule has 0 N–H and O–H groups in total. The molecule has 0 bridgehead atoms. The molecule has 1 saturated heterocycles. The topological polar surface area (TPSA) is 0 Å². The van der Waals surface area contributed by atoms with Gasteiger partial charge in [0.05, 0.1) is 4.75 Å². The maximum absolute atomic E-state index is 2.53. The van der Waals surface area contributed by atoms with Crippen LogP contribution >= 0.6 is 64.8 Å². The van der Waals surface area contributed by atoms with E-state index in [-0.39, 0.29) is 0 Å². The maximum atomic E-state index is 2.53. The van der Waals surface area contributed by atoms with Crippen LogP contribution in [0.4, 0.5) is 0 Å². The van der Waals surface area contributed by atoms with Crippen LogP contribution in [-0.2, 0) is 0 Å². The summed E-state index contributed by atoms with van der Waals surface area (Å²) in [6.07, 6.45) is 5.23. The Morgan fingerprint density at radius 2 is 1.45 bits per heavy atom. The zero-order chi connectivity index (χ0) is 16.7. The summed E-state index contributed by atoms with van der Waals surface area (Å²) in [5.74, 6) is 3.70. The van der Waals surface area contributed by atoms with Crippen molar-refractivity contribution in [1.29, 1.82) is 0 Å². The van der Waals surface area contributed by atoms with Crippen LogP contribution in [0.1, 0.15) is 67.2 Å². The van der Waals surface area contributed by atoms with Gasteiger partial charge in [0.15, 0.2) is 0 Å². The summed E-state index contributed by atoms with van der Waals surface area (Å²) in [5.41, 5.74) is 0. The average Bonchev–Trinajstić information content (AvgIpc) is 2.55. The minimum absolute atomic E-state index is 0.375. The van der Waals surface area contributed by atoms with Gasteiger partial charge in [-0.3, -0.25) is 0 Å². The highest BCUT2D eigenvalue weighted by Gasteiger charge is 2.56. The van der Waals surface area contributed by atoms with Gasteiger partial charge in [0.25, 0.3) is 0 Å². The van der Waals surface area contributed by atoms with Crippen molar-refractivity contribution in [3.8, 4) is 0 Å². The molecule has 0 aromatic heterocycles. The number of hydrogen-bond donors (Lipinski definition) is 0. The molecule has 2 unspecified atom stereocenters. The van der Waals surface area contributed by atoms with Crippen LogP contribution in [0.2, 0.25) is 0 Å². The third-order valence-corrected chi connectivity index (χ3v) is 15.7. The minimum atomic E-state index is 0.375. The highest BCUT2D eigenvalue weighted by Crippen LogP contribution is 2.67. The first-order chi connectivity index (χ1) is 10.5. The third kappa shape index (κ3) is 5.06. The van der Waals surface area contributed by atoms with E-state index < -0.39 is 0 Å². The highest BCUT2D eigenvalue weighted by molar-refractivity contribution is 8.80. The molecule has 0 radical (unpaired) electrons. The van der Waals surface area contributed by atoms with Crippen LogP contribution in [0.5, 0.6) is 0 Å². The fourth-order valence-electron chi connectivity index (χ4n) is 2.73. The van der Waals surface area contributed by atoms with E-state index >= 15 is 0 Å². The van der Waals surface area contributed by atoms with Crippen LogP contribution in [0.15, 0.2) is 0 Å². The first-order valence-corrected chi connectivity index (χ1v) is 15.3. The lowest BCUT2D eigenvalue weighted by Crippen LogP contribution is -2.55. The smallest absolute Gasteiger partial charge is 0.0527 e. The molecule has 0 aliphatic carbocycles. The Kier molecular flexibility index (Phi) is 10.4. The Bertz CT molecular complexity index is 320. The van der Waals surface area contributed by atoms with Crippen molar-refractivity contribution in [2.75, 3.05) is 17.3 Å². The molecule has 1 fully saturated rings. The van der Waals surface area contributed by atoms with E-state index in [4.69, 9.17) is 0 Å². The van der Waals surface area contributed by atoms with Crippen LogP contribution in [0.3, 0.4) is 0 Å². The Labute approximate surface area is 162 Å². The summed E-state index contributed by atoms with van der Waals surface area (Å²) >= 11 is 0. The van der Waals surface area contributed by atoms with Gasteiger partial charge in [-0.25, -0.2) is 0 Å². The van der Waals surface area contributed by atoms with Crippen molar-refractivity contribution in [1.82, 2.24) is 0 Å². The summed E-state index contributed by atoms with van der Waals surface area (Å²) in [4.78, 5) is 0. The normalized spacial score (nSPS) is 31.4. The Morgan fingerprint density at radius 3 is 1.95 bits per heavy atom. The second-order valence-corrected chi connectivity index (χ2v) is 14.8. The highest BCUT2D eigenvalue weighted by atomic mass is 33.1. The first kappa shape index (κ1) is 22.1. The Morgan fingerprint density at radius 1 is 0.818 bits per heavy atom. The second-order valence-electron chi connectivity index (χ2n) is 5.97. The van der Waals surface area contributed by atoms with Crippen LogP contribution in [0, 0.1) is 0 Å². The predicted molar refractivity (Wildman–Crippen MR) is 121 cm³/mol. The molecule has 2 atom stereocenters. The molecule has 132 valence electrons. The third-order valence-electron chi connectivity index (χ3n) is 4.77. The van der Waals surface area contributed by atoms with Gasteiger partial charge in [-0.2, -0.15) is 0 Å². The van der Waals surface area contributed by atoms with Gasteiger partial charge in [0.2, 0.25) is 0 Å². The standard InChI is InChI=1S/C16H32S6/c1-7-14(6)16(22-18-11-5,13-19-17-10-4)12-15(8-2,9-3)21-20-14/h7-13H2,1-6H3. The molecular weight excluding hydrogens is 385 g/mol. The van der Waals surface area contributed by atoms with E-state index in [0.717, 1.165) is 0 Å². The molecule has 1 aliphatic heterocycles. The van der Waals surface area contributed by atoms with Gasteiger partial charge < -0.3 is 0 Å². The quantitative estimate of drug-likeness (QED) is 0.259.